The molecule has 1 saturated heterocycles. The third-order valence-electron chi connectivity index (χ3n) is 6.16. The van der Waals surface area contributed by atoms with Gasteiger partial charge >= 0.3 is 6.18 Å². The van der Waals surface area contributed by atoms with Crippen molar-refractivity contribution in [3.63, 3.8) is 0 Å². The van der Waals surface area contributed by atoms with Crippen LogP contribution in [0.4, 0.5) is 18.9 Å². The minimum Gasteiger partial charge on any atom is -0.368 e. The Morgan fingerprint density at radius 1 is 1.07 bits per heavy atom. The number of anilines is 1. The van der Waals surface area contributed by atoms with Gasteiger partial charge in [0.25, 0.3) is 0 Å². The van der Waals surface area contributed by atoms with Gasteiger partial charge in [0.2, 0.25) is 0 Å². The first-order chi connectivity index (χ1) is 12.9. The van der Waals surface area contributed by atoms with Gasteiger partial charge < -0.3 is 4.90 Å². The van der Waals surface area contributed by atoms with Crippen molar-refractivity contribution < 1.29 is 13.2 Å². The molecule has 0 bridgehead atoms. The summed E-state index contributed by atoms with van der Waals surface area (Å²) in [6.07, 6.45) is 2.06. The van der Waals surface area contributed by atoms with Crippen molar-refractivity contribution in [2.75, 3.05) is 37.6 Å². The summed E-state index contributed by atoms with van der Waals surface area (Å²) in [7, 11) is 0. The van der Waals surface area contributed by atoms with Crippen LogP contribution in [0.5, 0.6) is 0 Å². The highest BCUT2D eigenvalue weighted by Gasteiger charge is 2.35. The molecule has 27 heavy (non-hydrogen) atoms. The monoisotopic (exact) mass is 379 g/mol. The average molecular weight is 379 g/mol. The van der Waals surface area contributed by atoms with Gasteiger partial charge in [-0.1, -0.05) is 38.7 Å². The lowest BCUT2D eigenvalue weighted by molar-refractivity contribution is -0.137. The molecule has 1 saturated carbocycles. The zero-order chi connectivity index (χ0) is 19.4. The Labute approximate surface area is 159 Å². The van der Waals surface area contributed by atoms with Crippen LogP contribution < -0.4 is 4.90 Å². The van der Waals surface area contributed by atoms with Gasteiger partial charge in [0, 0.05) is 26.2 Å². The molecule has 0 radical (unpaired) electrons. The van der Waals surface area contributed by atoms with Crippen LogP contribution in [0.15, 0.2) is 18.2 Å². The number of halogens is 3. The minimum atomic E-state index is -4.50. The average Bonchev–Trinajstić information content (AvgIpc) is 2.66. The summed E-state index contributed by atoms with van der Waals surface area (Å²) in [6.45, 7) is 6.41. The zero-order valence-electron chi connectivity index (χ0n) is 15.9. The molecule has 6 heteroatoms. The number of rotatable bonds is 4. The summed E-state index contributed by atoms with van der Waals surface area (Å²) in [6, 6.07) is 5.79. The summed E-state index contributed by atoms with van der Waals surface area (Å²) in [5, 5.41) is 9.31. The van der Waals surface area contributed by atoms with Crippen LogP contribution in [0.2, 0.25) is 0 Å². The number of hydrogen-bond donors (Lipinski definition) is 0. The first-order valence-electron chi connectivity index (χ1n) is 9.96. The van der Waals surface area contributed by atoms with Crippen molar-refractivity contribution >= 4 is 5.69 Å². The third-order valence-corrected chi connectivity index (χ3v) is 6.16. The van der Waals surface area contributed by atoms with E-state index in [0.717, 1.165) is 37.5 Å². The molecule has 2 aliphatic rings. The lowest BCUT2D eigenvalue weighted by Gasteiger charge is -2.37. The normalized spacial score (nSPS) is 24.6. The maximum Gasteiger partial charge on any atom is 0.417 e. The maximum absolute atomic E-state index is 13.2. The van der Waals surface area contributed by atoms with Gasteiger partial charge in [-0.05, 0) is 36.9 Å². The van der Waals surface area contributed by atoms with Gasteiger partial charge in [-0.25, -0.2) is 0 Å². The van der Waals surface area contributed by atoms with Gasteiger partial charge in [-0.15, -0.1) is 0 Å². The molecule has 0 aromatic heterocycles. The standard InChI is InChI=1S/C21H28F3N3/c1-16-5-7-17(8-6-16)9-10-26-11-13-27(14-12-26)20-4-2-3-19(18(20)15-25)21(22,23)24/h2-4,16-17H,5-14H2,1H3. The predicted molar refractivity (Wildman–Crippen MR) is 101 cm³/mol. The van der Waals surface area contributed by atoms with E-state index in [4.69, 9.17) is 0 Å². The van der Waals surface area contributed by atoms with E-state index in [9.17, 15) is 18.4 Å². The molecule has 148 valence electrons. The summed E-state index contributed by atoms with van der Waals surface area (Å²) in [5.41, 5.74) is -0.681. The molecular weight excluding hydrogens is 351 g/mol. The summed E-state index contributed by atoms with van der Waals surface area (Å²) >= 11 is 0. The van der Waals surface area contributed by atoms with Gasteiger partial charge in [0.15, 0.2) is 0 Å². The van der Waals surface area contributed by atoms with E-state index >= 15 is 0 Å². The van der Waals surface area contributed by atoms with Gasteiger partial charge in [-0.3, -0.25) is 4.90 Å². The Morgan fingerprint density at radius 2 is 1.74 bits per heavy atom. The van der Waals surface area contributed by atoms with E-state index in [1.807, 2.05) is 4.90 Å². The zero-order valence-corrected chi connectivity index (χ0v) is 15.9. The second kappa shape index (κ2) is 8.52. The van der Waals surface area contributed by atoms with Crippen LogP contribution in [-0.4, -0.2) is 37.6 Å². The fourth-order valence-corrected chi connectivity index (χ4v) is 4.35. The summed E-state index contributed by atoms with van der Waals surface area (Å²) < 4.78 is 39.5. The largest absolute Gasteiger partial charge is 0.417 e. The summed E-state index contributed by atoms with van der Waals surface area (Å²) in [4.78, 5) is 4.33. The van der Waals surface area contributed by atoms with Crippen molar-refractivity contribution in [2.45, 2.75) is 45.2 Å². The molecule has 0 atom stereocenters. The van der Waals surface area contributed by atoms with Gasteiger partial charge in [0.05, 0.1) is 16.8 Å². The van der Waals surface area contributed by atoms with E-state index < -0.39 is 11.7 Å². The first-order valence-corrected chi connectivity index (χ1v) is 9.96. The van der Waals surface area contributed by atoms with Crippen LogP contribution in [0.1, 0.15) is 50.2 Å². The fraction of sp³-hybridized carbons (Fsp3) is 0.667. The molecule has 0 spiro atoms. The predicted octanol–water partition coefficient (Wildman–Crippen LogP) is 4.92. The molecule has 3 rings (SSSR count). The number of nitriles is 1. The first kappa shape index (κ1) is 20.0. The summed E-state index contributed by atoms with van der Waals surface area (Å²) in [5.74, 6) is 1.69. The van der Waals surface area contributed by atoms with Crippen molar-refractivity contribution in [1.82, 2.24) is 4.90 Å². The van der Waals surface area contributed by atoms with E-state index in [0.29, 0.717) is 18.8 Å². The van der Waals surface area contributed by atoms with Gasteiger partial charge in [0.1, 0.15) is 6.07 Å². The maximum atomic E-state index is 13.2. The van der Waals surface area contributed by atoms with Crippen LogP contribution in [0, 0.1) is 23.2 Å². The molecule has 1 aromatic rings. The molecule has 1 heterocycles. The highest BCUT2D eigenvalue weighted by Crippen LogP contribution is 2.36. The van der Waals surface area contributed by atoms with E-state index in [1.165, 1.54) is 38.2 Å². The minimum absolute atomic E-state index is 0.255. The fourth-order valence-electron chi connectivity index (χ4n) is 4.35. The molecule has 1 aliphatic carbocycles. The number of nitrogens with zero attached hydrogens (tertiary/aromatic N) is 3. The number of piperazine rings is 1. The molecular formula is C21H28F3N3. The molecule has 2 fully saturated rings. The molecule has 1 aliphatic heterocycles. The van der Waals surface area contributed by atoms with Crippen molar-refractivity contribution in [3.05, 3.63) is 29.3 Å². The highest BCUT2D eigenvalue weighted by molar-refractivity contribution is 5.63. The van der Waals surface area contributed by atoms with E-state index in [2.05, 4.69) is 11.8 Å². The topological polar surface area (TPSA) is 30.3 Å². The lowest BCUT2D eigenvalue weighted by Crippen LogP contribution is -2.47. The van der Waals surface area contributed by atoms with Crippen LogP contribution in [0.3, 0.4) is 0 Å². The SMILES string of the molecule is CC1CCC(CCN2CCN(c3cccc(C(F)(F)F)c3C#N)CC2)CC1. The smallest absolute Gasteiger partial charge is 0.368 e. The number of benzene rings is 1. The van der Waals surface area contributed by atoms with Crippen LogP contribution >= 0.6 is 0 Å². The molecule has 0 amide bonds. The third kappa shape index (κ3) is 4.95. The Hall–Kier alpha value is -1.74. The molecule has 3 nitrogen and oxygen atoms in total. The lowest BCUT2D eigenvalue weighted by atomic mass is 9.81. The second-order valence-electron chi connectivity index (χ2n) is 8.05. The van der Waals surface area contributed by atoms with E-state index in [-0.39, 0.29) is 5.56 Å². The van der Waals surface area contributed by atoms with Crippen molar-refractivity contribution in [2.24, 2.45) is 11.8 Å². The molecule has 0 unspecified atom stereocenters. The quantitative estimate of drug-likeness (QED) is 0.744. The van der Waals surface area contributed by atoms with Crippen LogP contribution in [0.25, 0.3) is 0 Å². The van der Waals surface area contributed by atoms with Crippen LogP contribution in [-0.2, 0) is 6.18 Å². The Morgan fingerprint density at radius 3 is 2.33 bits per heavy atom. The van der Waals surface area contributed by atoms with Crippen molar-refractivity contribution in [1.29, 1.82) is 5.26 Å². The van der Waals surface area contributed by atoms with E-state index in [1.54, 1.807) is 12.1 Å². The van der Waals surface area contributed by atoms with Gasteiger partial charge in [-0.2, -0.15) is 18.4 Å². The Bertz CT molecular complexity index is 664. The van der Waals surface area contributed by atoms with Crippen molar-refractivity contribution in [3.8, 4) is 6.07 Å². The highest BCUT2D eigenvalue weighted by atomic mass is 19.4. The number of alkyl halides is 3. The Kier molecular flexibility index (Phi) is 6.31. The molecule has 1 aromatic carbocycles. The molecule has 0 N–H and O–H groups in total. The second-order valence-corrected chi connectivity index (χ2v) is 8.05. The Balaban J connectivity index is 1.56. The number of hydrogen-bond acceptors (Lipinski definition) is 3.